The molecule has 2 rings (SSSR count). The Kier molecular flexibility index (Phi) is 4.63. The van der Waals surface area contributed by atoms with E-state index < -0.39 is 5.97 Å². The number of carboxylic acid groups (broad SMARTS) is 1. The predicted octanol–water partition coefficient (Wildman–Crippen LogP) is 3.77. The van der Waals surface area contributed by atoms with Gasteiger partial charge in [0, 0.05) is 12.2 Å². The summed E-state index contributed by atoms with van der Waals surface area (Å²) in [7, 11) is 1.62. The number of aromatic carboxylic acids is 1. The second-order valence-corrected chi connectivity index (χ2v) is 5.06. The third kappa shape index (κ3) is 3.51. The summed E-state index contributed by atoms with van der Waals surface area (Å²) in [6.45, 7) is 0.555. The minimum Gasteiger partial charge on any atom is -0.496 e. The second-order valence-electron chi connectivity index (χ2n) is 4.21. The highest BCUT2D eigenvalue weighted by Crippen LogP contribution is 2.27. The Hall–Kier alpha value is -2.01. The number of hydrogen-bond donors (Lipinski definition) is 2. The van der Waals surface area contributed by atoms with Crippen LogP contribution in [0.3, 0.4) is 0 Å². The Morgan fingerprint density at radius 2 is 2.10 bits per heavy atom. The van der Waals surface area contributed by atoms with Gasteiger partial charge in [-0.1, -0.05) is 12.1 Å². The highest BCUT2D eigenvalue weighted by atomic mass is 79.9. The molecule has 2 aromatic rings. The minimum absolute atomic E-state index is 0.292. The van der Waals surface area contributed by atoms with Gasteiger partial charge in [-0.15, -0.1) is 0 Å². The molecule has 0 heterocycles. The van der Waals surface area contributed by atoms with Crippen molar-refractivity contribution in [3.05, 3.63) is 58.1 Å². The number of carbonyl (C=O) groups is 1. The first-order valence-electron chi connectivity index (χ1n) is 6.00. The SMILES string of the molecule is COc1ccc(NCc2cccc(C(=O)O)c2)cc1Br. The zero-order valence-corrected chi connectivity index (χ0v) is 12.5. The molecule has 0 bridgehead atoms. The van der Waals surface area contributed by atoms with E-state index in [1.54, 1.807) is 25.3 Å². The van der Waals surface area contributed by atoms with E-state index in [0.717, 1.165) is 21.5 Å². The van der Waals surface area contributed by atoms with Gasteiger partial charge in [-0.2, -0.15) is 0 Å². The first-order valence-corrected chi connectivity index (χ1v) is 6.79. The van der Waals surface area contributed by atoms with Gasteiger partial charge in [-0.3, -0.25) is 0 Å². The molecular formula is C15H14BrNO3. The average molecular weight is 336 g/mol. The van der Waals surface area contributed by atoms with Gasteiger partial charge in [-0.25, -0.2) is 4.79 Å². The van der Waals surface area contributed by atoms with Crippen LogP contribution in [0.2, 0.25) is 0 Å². The van der Waals surface area contributed by atoms with E-state index >= 15 is 0 Å². The first kappa shape index (κ1) is 14.4. The van der Waals surface area contributed by atoms with E-state index in [2.05, 4.69) is 21.2 Å². The fourth-order valence-corrected chi connectivity index (χ4v) is 2.34. The van der Waals surface area contributed by atoms with Crippen LogP contribution in [0.1, 0.15) is 15.9 Å². The fraction of sp³-hybridized carbons (Fsp3) is 0.133. The van der Waals surface area contributed by atoms with E-state index in [9.17, 15) is 4.79 Å². The number of anilines is 1. The lowest BCUT2D eigenvalue weighted by Crippen LogP contribution is -2.02. The van der Waals surface area contributed by atoms with Crippen molar-refractivity contribution in [3.63, 3.8) is 0 Å². The third-order valence-electron chi connectivity index (χ3n) is 2.82. The number of halogens is 1. The third-order valence-corrected chi connectivity index (χ3v) is 3.44. The minimum atomic E-state index is -0.918. The molecular weight excluding hydrogens is 322 g/mol. The number of methoxy groups -OCH3 is 1. The Labute approximate surface area is 125 Å². The van der Waals surface area contributed by atoms with Crippen LogP contribution in [0, 0.1) is 0 Å². The van der Waals surface area contributed by atoms with Crippen LogP contribution in [-0.2, 0) is 6.54 Å². The Morgan fingerprint density at radius 1 is 1.30 bits per heavy atom. The molecule has 0 fully saturated rings. The maximum Gasteiger partial charge on any atom is 0.335 e. The van der Waals surface area contributed by atoms with Gasteiger partial charge in [-0.05, 0) is 51.8 Å². The molecule has 0 aliphatic heterocycles. The normalized spacial score (nSPS) is 10.1. The molecule has 0 saturated carbocycles. The molecule has 0 saturated heterocycles. The zero-order valence-electron chi connectivity index (χ0n) is 10.9. The lowest BCUT2D eigenvalue weighted by molar-refractivity contribution is 0.0697. The van der Waals surface area contributed by atoms with Crippen molar-refractivity contribution in [1.29, 1.82) is 0 Å². The van der Waals surface area contributed by atoms with Gasteiger partial charge in [0.25, 0.3) is 0 Å². The molecule has 0 unspecified atom stereocenters. The van der Waals surface area contributed by atoms with Crippen LogP contribution in [0.25, 0.3) is 0 Å². The number of carboxylic acids is 1. The number of nitrogens with one attached hydrogen (secondary N) is 1. The van der Waals surface area contributed by atoms with Crippen molar-refractivity contribution < 1.29 is 14.6 Å². The molecule has 20 heavy (non-hydrogen) atoms. The van der Waals surface area contributed by atoms with Crippen LogP contribution in [-0.4, -0.2) is 18.2 Å². The van der Waals surface area contributed by atoms with E-state index in [-0.39, 0.29) is 0 Å². The molecule has 0 amide bonds. The molecule has 0 radical (unpaired) electrons. The molecule has 0 aromatic heterocycles. The van der Waals surface area contributed by atoms with Crippen molar-refractivity contribution in [2.24, 2.45) is 0 Å². The molecule has 2 N–H and O–H groups in total. The molecule has 0 aliphatic carbocycles. The summed E-state index contributed by atoms with van der Waals surface area (Å²) in [6, 6.07) is 12.6. The summed E-state index contributed by atoms with van der Waals surface area (Å²) in [5, 5.41) is 12.2. The maximum absolute atomic E-state index is 10.9. The largest absolute Gasteiger partial charge is 0.496 e. The highest BCUT2D eigenvalue weighted by molar-refractivity contribution is 9.10. The summed E-state index contributed by atoms with van der Waals surface area (Å²) < 4.78 is 6.03. The quantitative estimate of drug-likeness (QED) is 0.873. The van der Waals surface area contributed by atoms with Gasteiger partial charge in [0.2, 0.25) is 0 Å². The van der Waals surface area contributed by atoms with E-state index in [1.807, 2.05) is 24.3 Å². The van der Waals surface area contributed by atoms with Crippen LogP contribution < -0.4 is 10.1 Å². The van der Waals surface area contributed by atoms with E-state index in [0.29, 0.717) is 12.1 Å². The van der Waals surface area contributed by atoms with Gasteiger partial charge in [0.1, 0.15) is 5.75 Å². The summed E-state index contributed by atoms with van der Waals surface area (Å²) in [6.07, 6.45) is 0. The molecule has 5 heteroatoms. The second kappa shape index (κ2) is 6.43. The molecule has 0 spiro atoms. The van der Waals surface area contributed by atoms with Gasteiger partial charge in [0.05, 0.1) is 17.1 Å². The maximum atomic E-state index is 10.9. The summed E-state index contributed by atoms with van der Waals surface area (Å²) in [4.78, 5) is 10.9. The lowest BCUT2D eigenvalue weighted by atomic mass is 10.1. The number of benzene rings is 2. The molecule has 4 nitrogen and oxygen atoms in total. The molecule has 0 atom stereocenters. The number of hydrogen-bond acceptors (Lipinski definition) is 3. The van der Waals surface area contributed by atoms with Crippen molar-refractivity contribution in [3.8, 4) is 5.75 Å². The first-order chi connectivity index (χ1) is 9.60. The topological polar surface area (TPSA) is 58.6 Å². The number of ether oxygens (including phenoxy) is 1. The van der Waals surface area contributed by atoms with Crippen molar-refractivity contribution in [2.75, 3.05) is 12.4 Å². The van der Waals surface area contributed by atoms with Crippen molar-refractivity contribution >= 4 is 27.6 Å². The van der Waals surface area contributed by atoms with Crippen LogP contribution in [0.4, 0.5) is 5.69 Å². The predicted molar refractivity (Wildman–Crippen MR) is 81.4 cm³/mol. The zero-order chi connectivity index (χ0) is 14.5. The summed E-state index contributed by atoms with van der Waals surface area (Å²) in [5.74, 6) is -0.150. The van der Waals surface area contributed by atoms with Crippen LogP contribution >= 0.6 is 15.9 Å². The summed E-state index contributed by atoms with van der Waals surface area (Å²) >= 11 is 3.42. The molecule has 0 aliphatic rings. The highest BCUT2D eigenvalue weighted by Gasteiger charge is 2.04. The van der Waals surface area contributed by atoms with Crippen molar-refractivity contribution in [2.45, 2.75) is 6.54 Å². The Balaban J connectivity index is 2.07. The van der Waals surface area contributed by atoms with E-state index in [1.165, 1.54) is 0 Å². The van der Waals surface area contributed by atoms with Crippen LogP contribution in [0.15, 0.2) is 46.9 Å². The van der Waals surface area contributed by atoms with E-state index in [4.69, 9.17) is 9.84 Å². The Morgan fingerprint density at radius 3 is 2.75 bits per heavy atom. The monoisotopic (exact) mass is 335 g/mol. The lowest BCUT2D eigenvalue weighted by Gasteiger charge is -2.09. The van der Waals surface area contributed by atoms with Gasteiger partial charge >= 0.3 is 5.97 Å². The Bertz CT molecular complexity index is 628. The van der Waals surface area contributed by atoms with Crippen molar-refractivity contribution in [1.82, 2.24) is 0 Å². The molecule has 2 aromatic carbocycles. The summed E-state index contributed by atoms with van der Waals surface area (Å²) in [5.41, 5.74) is 2.13. The molecule has 104 valence electrons. The van der Waals surface area contributed by atoms with Gasteiger partial charge in [0.15, 0.2) is 0 Å². The van der Waals surface area contributed by atoms with Gasteiger partial charge < -0.3 is 15.2 Å². The van der Waals surface area contributed by atoms with Crippen LogP contribution in [0.5, 0.6) is 5.75 Å². The average Bonchev–Trinajstić information content (AvgIpc) is 2.45. The fourth-order valence-electron chi connectivity index (χ4n) is 1.79. The number of rotatable bonds is 5. The smallest absolute Gasteiger partial charge is 0.335 e. The standard InChI is InChI=1S/C15H14BrNO3/c1-20-14-6-5-12(8-13(14)16)17-9-10-3-2-4-11(7-10)15(18)19/h2-8,17H,9H2,1H3,(H,18,19).